The Kier molecular flexibility index (Phi) is 2.33. The van der Waals surface area contributed by atoms with Crippen molar-refractivity contribution in [2.75, 3.05) is 0 Å². The van der Waals surface area contributed by atoms with Crippen LogP contribution in [0.25, 0.3) is 0 Å². The van der Waals surface area contributed by atoms with E-state index < -0.39 is 5.91 Å². The van der Waals surface area contributed by atoms with Gasteiger partial charge in [-0.2, -0.15) is 0 Å². The topological polar surface area (TPSA) is 121 Å². The Morgan fingerprint density at radius 3 is 3.00 bits per heavy atom. The summed E-state index contributed by atoms with van der Waals surface area (Å²) in [4.78, 5) is 10.7. The number of nitrogens with one attached hydrogen (secondary N) is 1. The molecule has 8 nitrogen and oxygen atoms in total. The van der Waals surface area contributed by atoms with Gasteiger partial charge in [0.15, 0.2) is 5.69 Å². The van der Waals surface area contributed by atoms with Crippen molar-refractivity contribution in [2.45, 2.75) is 0 Å². The molecule has 0 bridgehead atoms. The van der Waals surface area contributed by atoms with Gasteiger partial charge >= 0.3 is 0 Å². The minimum Gasteiger partial charge on any atom is -0.411 e. The zero-order valence-corrected chi connectivity index (χ0v) is 5.63. The van der Waals surface area contributed by atoms with Gasteiger partial charge in [-0.05, 0) is 10.3 Å². The summed E-state index contributed by atoms with van der Waals surface area (Å²) in [7, 11) is 0. The first-order valence-corrected chi connectivity index (χ1v) is 2.74. The van der Waals surface area contributed by atoms with E-state index in [0.717, 1.165) is 6.21 Å². The summed E-state index contributed by atoms with van der Waals surface area (Å²) in [6.45, 7) is 0. The molecule has 0 spiro atoms. The number of amides is 1. The summed E-state index contributed by atoms with van der Waals surface area (Å²) >= 11 is 0. The van der Waals surface area contributed by atoms with E-state index in [4.69, 9.17) is 10.4 Å². The fourth-order valence-corrected chi connectivity index (χ4v) is 0.545. The molecule has 1 rings (SSSR count). The fourth-order valence-electron chi connectivity index (χ4n) is 0.545. The number of oxime groups is 1. The Hall–Kier alpha value is -1.96. The Bertz CT molecular complexity index is 306. The SMILES string of the molecule is O=C(NO)c1nonc1/C=N/O. The summed E-state index contributed by atoms with van der Waals surface area (Å²) < 4.78 is 4.15. The molecule has 1 aromatic heterocycles. The van der Waals surface area contributed by atoms with Crippen LogP contribution in [0.5, 0.6) is 0 Å². The molecule has 0 atom stereocenters. The first-order valence-electron chi connectivity index (χ1n) is 2.74. The van der Waals surface area contributed by atoms with Gasteiger partial charge < -0.3 is 5.21 Å². The van der Waals surface area contributed by atoms with Crippen LogP contribution in [-0.2, 0) is 0 Å². The molecule has 1 heterocycles. The monoisotopic (exact) mass is 172 g/mol. The van der Waals surface area contributed by atoms with E-state index in [1.165, 1.54) is 5.48 Å². The van der Waals surface area contributed by atoms with Gasteiger partial charge in [0.25, 0.3) is 5.91 Å². The molecular weight excluding hydrogens is 168 g/mol. The highest BCUT2D eigenvalue weighted by Crippen LogP contribution is 1.98. The third-order valence-electron chi connectivity index (χ3n) is 1.01. The Labute approximate surface area is 65.4 Å². The van der Waals surface area contributed by atoms with Crippen LogP contribution in [0.1, 0.15) is 16.2 Å². The summed E-state index contributed by atoms with van der Waals surface area (Å²) in [5, 5.41) is 25.2. The Morgan fingerprint density at radius 1 is 1.67 bits per heavy atom. The van der Waals surface area contributed by atoms with Crippen molar-refractivity contribution in [2.24, 2.45) is 5.16 Å². The molecule has 64 valence electrons. The number of aromatic nitrogens is 2. The van der Waals surface area contributed by atoms with E-state index in [0.29, 0.717) is 0 Å². The average Bonchev–Trinajstić information content (AvgIpc) is 2.52. The lowest BCUT2D eigenvalue weighted by molar-refractivity contribution is 0.0695. The maximum Gasteiger partial charge on any atom is 0.299 e. The van der Waals surface area contributed by atoms with Crippen LogP contribution >= 0.6 is 0 Å². The number of hydrogen-bond donors (Lipinski definition) is 3. The van der Waals surface area contributed by atoms with Crippen LogP contribution in [0.3, 0.4) is 0 Å². The number of carbonyl (C=O) groups is 1. The fraction of sp³-hybridized carbons (Fsp3) is 0. The zero-order chi connectivity index (χ0) is 8.97. The van der Waals surface area contributed by atoms with Gasteiger partial charge in [0.2, 0.25) is 5.69 Å². The second-order valence-electron chi connectivity index (χ2n) is 1.68. The molecule has 0 unspecified atom stereocenters. The largest absolute Gasteiger partial charge is 0.411 e. The van der Waals surface area contributed by atoms with E-state index in [1.54, 1.807) is 0 Å². The second kappa shape index (κ2) is 3.44. The molecule has 0 aliphatic rings. The average molecular weight is 172 g/mol. The van der Waals surface area contributed by atoms with Crippen LogP contribution < -0.4 is 5.48 Å². The molecule has 0 aliphatic carbocycles. The molecule has 12 heavy (non-hydrogen) atoms. The maximum absolute atomic E-state index is 10.7. The zero-order valence-electron chi connectivity index (χ0n) is 5.63. The van der Waals surface area contributed by atoms with Crippen molar-refractivity contribution >= 4 is 12.1 Å². The number of hydroxylamine groups is 1. The van der Waals surface area contributed by atoms with Gasteiger partial charge in [-0.25, -0.2) is 10.1 Å². The third kappa shape index (κ3) is 1.37. The summed E-state index contributed by atoms with van der Waals surface area (Å²) in [6.07, 6.45) is 0.848. The molecule has 0 saturated carbocycles. The molecule has 1 amide bonds. The normalized spacial score (nSPS) is 10.4. The highest BCUT2D eigenvalue weighted by molar-refractivity contribution is 5.98. The van der Waals surface area contributed by atoms with Gasteiger partial charge in [-0.1, -0.05) is 5.16 Å². The molecule has 0 aromatic carbocycles. The predicted octanol–water partition coefficient (Wildman–Crippen LogP) is -1.00. The summed E-state index contributed by atoms with van der Waals surface area (Å²) in [6, 6.07) is 0. The number of nitrogens with zero attached hydrogens (tertiary/aromatic N) is 3. The molecule has 1 aromatic rings. The van der Waals surface area contributed by atoms with Crippen LogP contribution in [0.4, 0.5) is 0 Å². The lowest BCUT2D eigenvalue weighted by Gasteiger charge is -1.89. The van der Waals surface area contributed by atoms with Gasteiger partial charge in [-0.3, -0.25) is 10.0 Å². The minimum absolute atomic E-state index is 0.0796. The second-order valence-corrected chi connectivity index (χ2v) is 1.68. The van der Waals surface area contributed by atoms with Crippen molar-refractivity contribution in [3.63, 3.8) is 0 Å². The third-order valence-corrected chi connectivity index (χ3v) is 1.01. The van der Waals surface area contributed by atoms with E-state index >= 15 is 0 Å². The lowest BCUT2D eigenvalue weighted by Crippen LogP contribution is -2.20. The first kappa shape index (κ1) is 8.14. The van der Waals surface area contributed by atoms with Crippen LogP contribution in [0, 0.1) is 0 Å². The highest BCUT2D eigenvalue weighted by Gasteiger charge is 2.15. The number of carbonyl (C=O) groups excluding carboxylic acids is 1. The number of hydrogen-bond acceptors (Lipinski definition) is 7. The van der Waals surface area contributed by atoms with Crippen molar-refractivity contribution in [1.82, 2.24) is 15.8 Å². The number of rotatable bonds is 2. The molecule has 0 aliphatic heterocycles. The predicted molar refractivity (Wildman–Crippen MR) is 32.9 cm³/mol. The molecule has 0 radical (unpaired) electrons. The summed E-state index contributed by atoms with van der Waals surface area (Å²) in [5.41, 5.74) is 0.974. The highest BCUT2D eigenvalue weighted by atomic mass is 16.6. The molecule has 0 fully saturated rings. The Balaban J connectivity index is 2.98. The van der Waals surface area contributed by atoms with Crippen molar-refractivity contribution < 1.29 is 19.8 Å². The standard InChI is InChI=1S/C4H4N4O4/c9-4(6-11)3-2(1-5-10)7-12-8-3/h1,10-11H,(H,6,9)/b5-1+. The van der Waals surface area contributed by atoms with Crippen molar-refractivity contribution in [1.29, 1.82) is 0 Å². The van der Waals surface area contributed by atoms with E-state index in [2.05, 4.69) is 20.1 Å². The molecule has 3 N–H and O–H groups in total. The smallest absolute Gasteiger partial charge is 0.299 e. The van der Waals surface area contributed by atoms with Crippen molar-refractivity contribution in [3.05, 3.63) is 11.4 Å². The Morgan fingerprint density at radius 2 is 2.42 bits per heavy atom. The molecule has 0 saturated heterocycles. The van der Waals surface area contributed by atoms with Crippen molar-refractivity contribution in [3.8, 4) is 0 Å². The van der Waals surface area contributed by atoms with E-state index in [1.807, 2.05) is 0 Å². The summed E-state index contributed by atoms with van der Waals surface area (Å²) in [5.74, 6) is -0.897. The van der Waals surface area contributed by atoms with Gasteiger partial charge in [0.1, 0.15) is 0 Å². The molecular formula is C4H4N4O4. The van der Waals surface area contributed by atoms with E-state index in [-0.39, 0.29) is 11.4 Å². The van der Waals surface area contributed by atoms with E-state index in [9.17, 15) is 4.79 Å². The van der Waals surface area contributed by atoms with Gasteiger partial charge in [0, 0.05) is 0 Å². The molecule has 8 heteroatoms. The minimum atomic E-state index is -0.897. The maximum atomic E-state index is 10.7. The lowest BCUT2D eigenvalue weighted by atomic mass is 10.3. The first-order chi connectivity index (χ1) is 5.79. The van der Waals surface area contributed by atoms with Crippen LogP contribution in [0.15, 0.2) is 9.78 Å². The van der Waals surface area contributed by atoms with Gasteiger partial charge in [0.05, 0.1) is 6.21 Å². The quantitative estimate of drug-likeness (QED) is 0.227. The van der Waals surface area contributed by atoms with Crippen LogP contribution in [-0.4, -0.2) is 32.8 Å². The van der Waals surface area contributed by atoms with Gasteiger partial charge in [-0.15, -0.1) is 0 Å². The van der Waals surface area contributed by atoms with Crippen LogP contribution in [0.2, 0.25) is 0 Å².